The molecule has 0 saturated carbocycles. The molecule has 3 heterocycles. The first kappa shape index (κ1) is 13.1. The van der Waals surface area contributed by atoms with Gasteiger partial charge in [0.25, 0.3) is 0 Å². The zero-order valence-corrected chi connectivity index (χ0v) is 11.4. The van der Waals surface area contributed by atoms with Gasteiger partial charge in [-0.1, -0.05) is 11.2 Å². The fourth-order valence-electron chi connectivity index (χ4n) is 2.63. The summed E-state index contributed by atoms with van der Waals surface area (Å²) in [6.45, 7) is 0.874. The molecule has 0 spiro atoms. The Bertz CT molecular complexity index is 548. The van der Waals surface area contributed by atoms with Crippen LogP contribution < -0.4 is 5.73 Å². The Balaban J connectivity index is 1.74. The Labute approximate surface area is 118 Å². The molecule has 2 aromatic rings. The maximum absolute atomic E-state index is 5.88. The molecule has 20 heavy (non-hydrogen) atoms. The lowest BCUT2D eigenvalue weighted by atomic mass is 10.0. The number of hydrogen-bond acceptors (Lipinski definition) is 5. The van der Waals surface area contributed by atoms with E-state index in [1.807, 2.05) is 18.2 Å². The van der Waals surface area contributed by atoms with Crippen molar-refractivity contribution in [3.05, 3.63) is 30.1 Å². The second kappa shape index (κ2) is 6.05. The zero-order chi connectivity index (χ0) is 13.8. The number of aryl methyl sites for hydroxylation is 1. The number of rotatable bonds is 4. The lowest BCUT2D eigenvalue weighted by Gasteiger charge is -2.22. The summed E-state index contributed by atoms with van der Waals surface area (Å²) < 4.78 is 10.9. The highest BCUT2D eigenvalue weighted by molar-refractivity contribution is 5.71. The van der Waals surface area contributed by atoms with Crippen LogP contribution in [0.15, 0.2) is 28.9 Å². The fraction of sp³-hybridized carbons (Fsp3) is 0.467. The van der Waals surface area contributed by atoms with Crippen LogP contribution in [0.5, 0.6) is 0 Å². The van der Waals surface area contributed by atoms with Gasteiger partial charge in [-0.05, 0) is 44.2 Å². The SMILES string of the molecule is Nc1onc(CCC2CCCCO2)c1-c1ccccn1. The molecule has 1 saturated heterocycles. The van der Waals surface area contributed by atoms with Crippen LogP contribution >= 0.6 is 0 Å². The van der Waals surface area contributed by atoms with E-state index in [1.165, 1.54) is 12.8 Å². The van der Waals surface area contributed by atoms with Crippen LogP contribution in [0, 0.1) is 0 Å². The van der Waals surface area contributed by atoms with Crippen LogP contribution in [0.4, 0.5) is 5.88 Å². The summed E-state index contributed by atoms with van der Waals surface area (Å²) in [6, 6.07) is 5.73. The highest BCUT2D eigenvalue weighted by Crippen LogP contribution is 2.29. The third-order valence-corrected chi connectivity index (χ3v) is 3.69. The van der Waals surface area contributed by atoms with Gasteiger partial charge in [0.05, 0.1) is 23.1 Å². The summed E-state index contributed by atoms with van der Waals surface area (Å²) >= 11 is 0. The van der Waals surface area contributed by atoms with Gasteiger partial charge in [0.2, 0.25) is 5.88 Å². The number of anilines is 1. The fourth-order valence-corrected chi connectivity index (χ4v) is 2.63. The molecule has 0 aliphatic carbocycles. The van der Waals surface area contributed by atoms with Gasteiger partial charge in [-0.3, -0.25) is 4.98 Å². The van der Waals surface area contributed by atoms with Gasteiger partial charge >= 0.3 is 0 Å². The zero-order valence-electron chi connectivity index (χ0n) is 11.4. The molecule has 5 heteroatoms. The molecular weight excluding hydrogens is 254 g/mol. The molecule has 106 valence electrons. The minimum absolute atomic E-state index is 0.332. The molecule has 2 N–H and O–H groups in total. The Morgan fingerprint density at radius 1 is 1.30 bits per heavy atom. The Hall–Kier alpha value is -1.88. The Morgan fingerprint density at radius 2 is 2.25 bits per heavy atom. The van der Waals surface area contributed by atoms with Crippen molar-refractivity contribution >= 4 is 5.88 Å². The smallest absolute Gasteiger partial charge is 0.231 e. The first-order valence-electron chi connectivity index (χ1n) is 7.11. The molecule has 2 aromatic heterocycles. The molecule has 1 unspecified atom stereocenters. The normalized spacial score (nSPS) is 19.1. The van der Waals surface area contributed by atoms with E-state index < -0.39 is 0 Å². The number of hydrogen-bond donors (Lipinski definition) is 1. The largest absolute Gasteiger partial charge is 0.378 e. The van der Waals surface area contributed by atoms with E-state index in [4.69, 9.17) is 15.0 Å². The maximum Gasteiger partial charge on any atom is 0.231 e. The van der Waals surface area contributed by atoms with Gasteiger partial charge in [0.15, 0.2) is 0 Å². The summed E-state index contributed by atoms with van der Waals surface area (Å²) in [4.78, 5) is 4.33. The standard InChI is InChI=1S/C15H19N3O2/c16-15-14(12-6-1-3-9-17-12)13(18-20-15)8-7-11-5-2-4-10-19-11/h1,3,6,9,11H,2,4-5,7-8,10,16H2. The van der Waals surface area contributed by atoms with Crippen LogP contribution in [0.3, 0.4) is 0 Å². The topological polar surface area (TPSA) is 74.2 Å². The number of aromatic nitrogens is 2. The van der Waals surface area contributed by atoms with Gasteiger partial charge in [0.1, 0.15) is 0 Å². The minimum atomic E-state index is 0.332. The molecule has 1 aliphatic rings. The van der Waals surface area contributed by atoms with Crippen LogP contribution in [0.1, 0.15) is 31.4 Å². The summed E-state index contributed by atoms with van der Waals surface area (Å²) in [5, 5.41) is 4.08. The summed E-state index contributed by atoms with van der Waals surface area (Å²) in [7, 11) is 0. The number of nitrogen functional groups attached to an aromatic ring is 1. The first-order valence-corrected chi connectivity index (χ1v) is 7.11. The maximum atomic E-state index is 5.88. The molecular formula is C15H19N3O2. The van der Waals surface area contributed by atoms with E-state index in [-0.39, 0.29) is 0 Å². The average molecular weight is 273 g/mol. The number of pyridine rings is 1. The van der Waals surface area contributed by atoms with Gasteiger partial charge in [-0.25, -0.2) is 0 Å². The predicted molar refractivity (Wildman–Crippen MR) is 76.1 cm³/mol. The van der Waals surface area contributed by atoms with E-state index in [0.717, 1.165) is 42.8 Å². The van der Waals surface area contributed by atoms with E-state index in [2.05, 4.69) is 10.1 Å². The average Bonchev–Trinajstić information content (AvgIpc) is 2.88. The Kier molecular flexibility index (Phi) is 3.97. The summed E-state index contributed by atoms with van der Waals surface area (Å²) in [5.74, 6) is 0.336. The lowest BCUT2D eigenvalue weighted by Crippen LogP contribution is -2.19. The highest BCUT2D eigenvalue weighted by atomic mass is 16.5. The van der Waals surface area contributed by atoms with E-state index >= 15 is 0 Å². The van der Waals surface area contributed by atoms with Crippen molar-refractivity contribution in [1.82, 2.24) is 10.1 Å². The van der Waals surface area contributed by atoms with Crippen LogP contribution in [0.25, 0.3) is 11.3 Å². The summed E-state index contributed by atoms with van der Waals surface area (Å²) in [6.07, 6.45) is 7.38. The third kappa shape index (κ3) is 2.82. The van der Waals surface area contributed by atoms with Crippen molar-refractivity contribution in [3.8, 4) is 11.3 Å². The van der Waals surface area contributed by atoms with Crippen molar-refractivity contribution in [2.24, 2.45) is 0 Å². The number of nitrogens with two attached hydrogens (primary N) is 1. The van der Waals surface area contributed by atoms with Crippen LogP contribution in [-0.2, 0) is 11.2 Å². The minimum Gasteiger partial charge on any atom is -0.378 e. The lowest BCUT2D eigenvalue weighted by molar-refractivity contribution is 0.0113. The highest BCUT2D eigenvalue weighted by Gasteiger charge is 2.19. The van der Waals surface area contributed by atoms with E-state index in [0.29, 0.717) is 12.0 Å². The van der Waals surface area contributed by atoms with Gasteiger partial charge in [-0.2, -0.15) is 0 Å². The van der Waals surface area contributed by atoms with Gasteiger partial charge < -0.3 is 15.0 Å². The van der Waals surface area contributed by atoms with Crippen molar-refractivity contribution in [2.45, 2.75) is 38.2 Å². The van der Waals surface area contributed by atoms with Crippen molar-refractivity contribution in [2.75, 3.05) is 12.3 Å². The van der Waals surface area contributed by atoms with Crippen molar-refractivity contribution < 1.29 is 9.26 Å². The first-order chi connectivity index (χ1) is 9.84. The predicted octanol–water partition coefficient (Wildman–Crippen LogP) is 2.82. The number of nitrogens with zero attached hydrogens (tertiary/aromatic N) is 2. The molecule has 1 fully saturated rings. The quantitative estimate of drug-likeness (QED) is 0.927. The molecule has 0 bridgehead atoms. The van der Waals surface area contributed by atoms with E-state index in [1.54, 1.807) is 6.20 Å². The monoisotopic (exact) mass is 273 g/mol. The van der Waals surface area contributed by atoms with Crippen LogP contribution in [0.2, 0.25) is 0 Å². The molecule has 5 nitrogen and oxygen atoms in total. The molecule has 1 aliphatic heterocycles. The number of ether oxygens (including phenoxy) is 1. The van der Waals surface area contributed by atoms with Crippen LogP contribution in [-0.4, -0.2) is 22.9 Å². The van der Waals surface area contributed by atoms with Crippen molar-refractivity contribution in [3.63, 3.8) is 0 Å². The second-order valence-electron chi connectivity index (χ2n) is 5.11. The Morgan fingerprint density at radius 3 is 3.00 bits per heavy atom. The molecule has 3 rings (SSSR count). The van der Waals surface area contributed by atoms with Gasteiger partial charge in [-0.15, -0.1) is 0 Å². The van der Waals surface area contributed by atoms with Gasteiger partial charge in [0, 0.05) is 12.8 Å². The third-order valence-electron chi connectivity index (χ3n) is 3.69. The molecule has 0 aromatic carbocycles. The van der Waals surface area contributed by atoms with E-state index in [9.17, 15) is 0 Å². The molecule has 1 atom stereocenters. The second-order valence-corrected chi connectivity index (χ2v) is 5.11. The summed E-state index contributed by atoms with van der Waals surface area (Å²) in [5.41, 5.74) is 8.38. The molecule has 0 amide bonds. The molecule has 0 radical (unpaired) electrons. The van der Waals surface area contributed by atoms with Crippen molar-refractivity contribution in [1.29, 1.82) is 0 Å².